The van der Waals surface area contributed by atoms with E-state index in [1.807, 2.05) is 38.4 Å². The van der Waals surface area contributed by atoms with Gasteiger partial charge in [-0.2, -0.15) is 9.61 Å². The van der Waals surface area contributed by atoms with Gasteiger partial charge in [0.1, 0.15) is 6.04 Å². The minimum Gasteiger partial charge on any atom is -0.383 e. The van der Waals surface area contributed by atoms with Crippen molar-refractivity contribution in [2.75, 3.05) is 25.6 Å². The molecular formula is C22H27BrN8O2. The van der Waals surface area contributed by atoms with Crippen molar-refractivity contribution in [2.45, 2.75) is 26.3 Å². The van der Waals surface area contributed by atoms with Gasteiger partial charge in [0.25, 0.3) is 0 Å². The normalized spacial score (nSPS) is 13.4. The summed E-state index contributed by atoms with van der Waals surface area (Å²) in [4.78, 5) is 22.6. The van der Waals surface area contributed by atoms with Crippen LogP contribution in [0.3, 0.4) is 0 Å². The smallest absolute Gasteiger partial charge is 0.242 e. The molecule has 0 aliphatic carbocycles. The van der Waals surface area contributed by atoms with Gasteiger partial charge in [-0.05, 0) is 34.0 Å². The molecule has 0 aliphatic heterocycles. The highest BCUT2D eigenvalue weighted by Gasteiger charge is 2.26. The van der Waals surface area contributed by atoms with Crippen LogP contribution in [0.5, 0.6) is 0 Å². The first-order valence-corrected chi connectivity index (χ1v) is 11.6. The van der Waals surface area contributed by atoms with Gasteiger partial charge in [-0.15, -0.1) is 5.10 Å². The molecule has 10 nitrogen and oxygen atoms in total. The Morgan fingerprint density at radius 3 is 2.82 bits per heavy atom. The number of aromatic nitrogens is 6. The number of ether oxygens (including phenoxy) is 1. The lowest BCUT2D eigenvalue weighted by atomic mass is 9.98. The SMILES string of the molecule is CCC(C)[C@@H](Nc1nc2c(Br)cccc2c2nc(-c3cnn(C)c3)nn12)C(=O)NCCOC. The van der Waals surface area contributed by atoms with Crippen LogP contribution in [0.2, 0.25) is 0 Å². The lowest BCUT2D eigenvalue weighted by Gasteiger charge is -2.24. The number of hydrogen-bond acceptors (Lipinski definition) is 7. The minimum atomic E-state index is -0.506. The molecule has 0 spiro atoms. The van der Waals surface area contributed by atoms with Gasteiger partial charge < -0.3 is 15.4 Å². The molecule has 0 fully saturated rings. The highest BCUT2D eigenvalue weighted by molar-refractivity contribution is 9.10. The Balaban J connectivity index is 1.82. The highest BCUT2D eigenvalue weighted by atomic mass is 79.9. The van der Waals surface area contributed by atoms with Crippen LogP contribution in [0.15, 0.2) is 35.1 Å². The lowest BCUT2D eigenvalue weighted by molar-refractivity contribution is -0.123. The van der Waals surface area contributed by atoms with Gasteiger partial charge in [0.05, 0.1) is 23.9 Å². The third-order valence-electron chi connectivity index (χ3n) is 5.60. The van der Waals surface area contributed by atoms with Crippen LogP contribution in [0.1, 0.15) is 20.3 Å². The second-order valence-corrected chi connectivity index (χ2v) is 8.79. The number of benzene rings is 1. The van der Waals surface area contributed by atoms with Crippen LogP contribution in [0, 0.1) is 5.92 Å². The van der Waals surface area contributed by atoms with Crippen molar-refractivity contribution in [2.24, 2.45) is 13.0 Å². The van der Waals surface area contributed by atoms with E-state index in [0.29, 0.717) is 30.6 Å². The Labute approximate surface area is 199 Å². The van der Waals surface area contributed by atoms with Crippen LogP contribution in [-0.2, 0) is 16.6 Å². The number of para-hydroxylation sites is 1. The Bertz CT molecular complexity index is 1280. The topological polar surface area (TPSA) is 111 Å². The lowest BCUT2D eigenvalue weighted by Crippen LogP contribution is -2.45. The van der Waals surface area contributed by atoms with Crippen molar-refractivity contribution >= 4 is 44.3 Å². The maximum Gasteiger partial charge on any atom is 0.242 e. The van der Waals surface area contributed by atoms with Crippen LogP contribution >= 0.6 is 15.9 Å². The highest BCUT2D eigenvalue weighted by Crippen LogP contribution is 2.29. The van der Waals surface area contributed by atoms with Gasteiger partial charge in [-0.1, -0.05) is 26.3 Å². The molecule has 3 aromatic heterocycles. The van der Waals surface area contributed by atoms with Crippen molar-refractivity contribution in [3.05, 3.63) is 35.1 Å². The zero-order chi connectivity index (χ0) is 23.5. The van der Waals surface area contributed by atoms with E-state index in [1.54, 1.807) is 22.5 Å². The molecule has 0 bridgehead atoms. The zero-order valence-corrected chi connectivity index (χ0v) is 20.6. The van der Waals surface area contributed by atoms with Gasteiger partial charge in [0.2, 0.25) is 11.9 Å². The molecule has 11 heteroatoms. The van der Waals surface area contributed by atoms with E-state index < -0.39 is 6.04 Å². The molecule has 0 saturated carbocycles. The number of carbonyl (C=O) groups excluding carboxylic acids is 1. The average Bonchev–Trinajstić information content (AvgIpc) is 3.44. The predicted octanol–water partition coefficient (Wildman–Crippen LogP) is 3.03. The summed E-state index contributed by atoms with van der Waals surface area (Å²) in [7, 11) is 3.45. The standard InChI is InChI=1S/C22H27BrN8O2/c1-5-13(2)17(21(32)24-9-10-33-4)26-22-27-18-15(7-6-8-16(18)23)20-28-19(29-31(20)22)14-11-25-30(3)12-14/h6-8,11-13,17H,5,9-10H2,1-4H3,(H,24,32)(H,26,27)/t13?,17-/m1/s1. The molecule has 4 rings (SSSR count). The molecule has 3 heterocycles. The number of amides is 1. The molecule has 2 atom stereocenters. The van der Waals surface area contributed by atoms with Gasteiger partial charge in [0.15, 0.2) is 11.5 Å². The van der Waals surface area contributed by atoms with Gasteiger partial charge >= 0.3 is 0 Å². The third-order valence-corrected chi connectivity index (χ3v) is 6.24. The maximum absolute atomic E-state index is 13.0. The Morgan fingerprint density at radius 2 is 2.12 bits per heavy atom. The first-order valence-electron chi connectivity index (χ1n) is 10.8. The van der Waals surface area contributed by atoms with Crippen molar-refractivity contribution < 1.29 is 9.53 Å². The molecule has 1 aromatic carbocycles. The summed E-state index contributed by atoms with van der Waals surface area (Å²) in [5.41, 5.74) is 2.18. The average molecular weight is 515 g/mol. The predicted molar refractivity (Wildman–Crippen MR) is 130 cm³/mol. The molecule has 1 unspecified atom stereocenters. The molecular weight excluding hydrogens is 488 g/mol. The summed E-state index contributed by atoms with van der Waals surface area (Å²) < 4.78 is 9.26. The number of carbonyl (C=O) groups is 1. The van der Waals surface area contributed by atoms with E-state index in [0.717, 1.165) is 27.4 Å². The number of nitrogens with zero attached hydrogens (tertiary/aromatic N) is 6. The first-order chi connectivity index (χ1) is 15.9. The molecule has 2 N–H and O–H groups in total. The quantitative estimate of drug-likeness (QED) is 0.330. The number of halogens is 1. The summed E-state index contributed by atoms with van der Waals surface area (Å²) >= 11 is 3.60. The number of anilines is 1. The number of hydrogen-bond donors (Lipinski definition) is 2. The number of nitrogens with one attached hydrogen (secondary N) is 2. The summed E-state index contributed by atoms with van der Waals surface area (Å²) in [6, 6.07) is 5.31. The molecule has 1 amide bonds. The van der Waals surface area contributed by atoms with E-state index in [-0.39, 0.29) is 11.8 Å². The van der Waals surface area contributed by atoms with E-state index in [9.17, 15) is 4.79 Å². The maximum atomic E-state index is 13.0. The molecule has 0 radical (unpaired) electrons. The van der Waals surface area contributed by atoms with Crippen molar-refractivity contribution in [1.82, 2.24) is 34.7 Å². The van der Waals surface area contributed by atoms with Gasteiger partial charge in [-0.25, -0.2) is 9.97 Å². The first kappa shape index (κ1) is 23.1. The number of methoxy groups -OCH3 is 1. The van der Waals surface area contributed by atoms with Crippen molar-refractivity contribution in [1.29, 1.82) is 0 Å². The van der Waals surface area contributed by atoms with Crippen LogP contribution in [0.4, 0.5) is 5.95 Å². The van der Waals surface area contributed by atoms with E-state index in [2.05, 4.69) is 38.6 Å². The van der Waals surface area contributed by atoms with Crippen LogP contribution < -0.4 is 10.6 Å². The van der Waals surface area contributed by atoms with E-state index >= 15 is 0 Å². The molecule has 33 heavy (non-hydrogen) atoms. The Morgan fingerprint density at radius 1 is 1.30 bits per heavy atom. The van der Waals surface area contributed by atoms with Crippen LogP contribution in [0.25, 0.3) is 27.9 Å². The zero-order valence-electron chi connectivity index (χ0n) is 19.0. The van der Waals surface area contributed by atoms with Crippen molar-refractivity contribution in [3.8, 4) is 11.4 Å². The molecule has 4 aromatic rings. The minimum absolute atomic E-state index is 0.0561. The van der Waals surface area contributed by atoms with E-state index in [1.165, 1.54) is 0 Å². The fourth-order valence-electron chi connectivity index (χ4n) is 3.58. The second-order valence-electron chi connectivity index (χ2n) is 7.94. The fourth-order valence-corrected chi connectivity index (χ4v) is 4.03. The largest absolute Gasteiger partial charge is 0.383 e. The molecule has 174 valence electrons. The molecule has 0 saturated heterocycles. The van der Waals surface area contributed by atoms with Gasteiger partial charge in [-0.3, -0.25) is 9.48 Å². The second kappa shape index (κ2) is 9.84. The van der Waals surface area contributed by atoms with Gasteiger partial charge in [0, 0.05) is 36.8 Å². The van der Waals surface area contributed by atoms with E-state index in [4.69, 9.17) is 19.8 Å². The summed E-state index contributed by atoms with van der Waals surface area (Å²) in [5.74, 6) is 0.918. The van der Waals surface area contributed by atoms with Crippen LogP contribution in [-0.4, -0.2) is 61.6 Å². The Hall–Kier alpha value is -3.05. The fraction of sp³-hybridized carbons (Fsp3) is 0.409. The number of rotatable bonds is 9. The summed E-state index contributed by atoms with van der Waals surface area (Å²) in [6.07, 6.45) is 4.39. The van der Waals surface area contributed by atoms with Crippen molar-refractivity contribution in [3.63, 3.8) is 0 Å². The monoisotopic (exact) mass is 514 g/mol. The summed E-state index contributed by atoms with van der Waals surface area (Å²) in [5, 5.41) is 16.1. The summed E-state index contributed by atoms with van der Waals surface area (Å²) in [6.45, 7) is 4.97. The number of fused-ring (bicyclic) bond motifs is 3. The molecule has 0 aliphatic rings. The third kappa shape index (κ3) is 4.69. The number of aryl methyl sites for hydroxylation is 1. The Kier molecular flexibility index (Phi) is 6.89.